The highest BCUT2D eigenvalue weighted by Gasteiger charge is 2.29. The van der Waals surface area contributed by atoms with Crippen LogP contribution in [0.15, 0.2) is 17.0 Å². The molecule has 0 amide bonds. The van der Waals surface area contributed by atoms with Crippen molar-refractivity contribution < 1.29 is 9.53 Å². The van der Waals surface area contributed by atoms with Crippen LogP contribution in [-0.4, -0.2) is 38.1 Å². The molecule has 0 spiro atoms. The van der Waals surface area contributed by atoms with Gasteiger partial charge in [0.25, 0.3) is 0 Å². The number of hydrogen-bond acceptors (Lipinski definition) is 4. The lowest BCUT2D eigenvalue weighted by molar-refractivity contribution is 0.0606. The maximum Gasteiger partial charge on any atom is 0.348 e. The lowest BCUT2D eigenvalue weighted by Gasteiger charge is -2.35. The monoisotopic (exact) mass is 333 g/mol. The van der Waals surface area contributed by atoms with Gasteiger partial charge in [-0.3, -0.25) is 0 Å². The van der Waals surface area contributed by atoms with E-state index in [1.807, 2.05) is 5.38 Å². The van der Waals surface area contributed by atoms with Crippen LogP contribution in [0.3, 0.4) is 0 Å². The van der Waals surface area contributed by atoms with Crippen LogP contribution in [0.5, 0.6) is 0 Å². The van der Waals surface area contributed by atoms with Gasteiger partial charge in [-0.05, 0) is 60.7 Å². The van der Waals surface area contributed by atoms with Crippen LogP contribution < -0.4 is 0 Å². The molecule has 0 saturated heterocycles. The Balaban J connectivity index is 1.97. The molecule has 0 radical (unpaired) electrons. The van der Waals surface area contributed by atoms with Crippen LogP contribution in [0.4, 0.5) is 0 Å². The summed E-state index contributed by atoms with van der Waals surface area (Å²) >= 11 is 1.50. The fourth-order valence-electron chi connectivity index (χ4n) is 4.02. The van der Waals surface area contributed by atoms with Gasteiger partial charge in [0.05, 0.1) is 7.11 Å². The van der Waals surface area contributed by atoms with E-state index < -0.39 is 0 Å². The molecule has 0 atom stereocenters. The summed E-state index contributed by atoms with van der Waals surface area (Å²) in [5.74, 6) is 1.36. The summed E-state index contributed by atoms with van der Waals surface area (Å²) in [5.41, 5.74) is 4.13. The standard InChI is InChI=1S/C19H27NO2S/c1-13-4-6-14(7-5-13)17-12-20(2)10-8-15(17)16-9-11-23-18(16)19(21)22-3/h9,11,13-14H,4-8,10,12H2,1-3H3. The first-order valence-corrected chi connectivity index (χ1v) is 9.54. The number of likely N-dealkylation sites (N-methyl/N-ethyl adjacent to an activating group) is 1. The van der Waals surface area contributed by atoms with Crippen LogP contribution in [0.25, 0.3) is 5.57 Å². The van der Waals surface area contributed by atoms with Gasteiger partial charge in [0.15, 0.2) is 0 Å². The van der Waals surface area contributed by atoms with E-state index in [1.54, 1.807) is 5.57 Å². The Labute approximate surface area is 143 Å². The Morgan fingerprint density at radius 1 is 1.30 bits per heavy atom. The van der Waals surface area contributed by atoms with E-state index in [0.717, 1.165) is 35.9 Å². The Morgan fingerprint density at radius 3 is 2.74 bits per heavy atom. The first kappa shape index (κ1) is 16.7. The molecule has 1 aromatic heterocycles. The fourth-order valence-corrected chi connectivity index (χ4v) is 4.86. The number of carbonyl (C=O) groups excluding carboxylic acids is 1. The van der Waals surface area contributed by atoms with Gasteiger partial charge >= 0.3 is 5.97 Å². The lowest BCUT2D eigenvalue weighted by atomic mass is 9.75. The average molecular weight is 333 g/mol. The zero-order chi connectivity index (χ0) is 16.4. The van der Waals surface area contributed by atoms with E-state index >= 15 is 0 Å². The number of nitrogens with zero attached hydrogens (tertiary/aromatic N) is 1. The number of thiophene rings is 1. The number of rotatable bonds is 3. The second kappa shape index (κ2) is 7.18. The fraction of sp³-hybridized carbons (Fsp3) is 0.632. The molecule has 4 heteroatoms. The molecule has 0 aromatic carbocycles. The minimum Gasteiger partial charge on any atom is -0.465 e. The molecule has 0 N–H and O–H groups in total. The maximum absolute atomic E-state index is 12.1. The predicted molar refractivity (Wildman–Crippen MR) is 95.8 cm³/mol. The van der Waals surface area contributed by atoms with Crippen molar-refractivity contribution in [3.05, 3.63) is 27.5 Å². The van der Waals surface area contributed by atoms with Gasteiger partial charge in [0.2, 0.25) is 0 Å². The third-order valence-corrected chi connectivity index (χ3v) is 6.34. The van der Waals surface area contributed by atoms with E-state index in [2.05, 4.69) is 24.9 Å². The summed E-state index contributed by atoms with van der Waals surface area (Å²) in [5, 5.41) is 2.02. The smallest absolute Gasteiger partial charge is 0.348 e. The number of carbonyl (C=O) groups is 1. The van der Waals surface area contributed by atoms with Gasteiger partial charge in [-0.1, -0.05) is 19.8 Å². The Morgan fingerprint density at radius 2 is 2.04 bits per heavy atom. The van der Waals surface area contributed by atoms with Gasteiger partial charge in [-0.15, -0.1) is 11.3 Å². The Kier molecular flexibility index (Phi) is 5.22. The summed E-state index contributed by atoms with van der Waals surface area (Å²) in [6.45, 7) is 4.48. The second-order valence-electron chi connectivity index (χ2n) is 7.10. The molecule has 126 valence electrons. The molecule has 1 aliphatic carbocycles. The summed E-state index contributed by atoms with van der Waals surface area (Å²) in [7, 11) is 3.68. The quantitative estimate of drug-likeness (QED) is 0.765. The van der Waals surface area contributed by atoms with Crippen molar-refractivity contribution in [1.82, 2.24) is 4.90 Å². The van der Waals surface area contributed by atoms with Gasteiger partial charge in [-0.2, -0.15) is 0 Å². The third-order valence-electron chi connectivity index (χ3n) is 5.44. The van der Waals surface area contributed by atoms with Crippen molar-refractivity contribution >= 4 is 22.9 Å². The van der Waals surface area contributed by atoms with E-state index in [-0.39, 0.29) is 5.97 Å². The van der Waals surface area contributed by atoms with Crippen LogP contribution in [-0.2, 0) is 4.74 Å². The summed E-state index contributed by atoms with van der Waals surface area (Å²) in [4.78, 5) is 15.3. The highest BCUT2D eigenvalue weighted by molar-refractivity contribution is 7.12. The number of ether oxygens (including phenoxy) is 1. The second-order valence-corrected chi connectivity index (χ2v) is 8.02. The van der Waals surface area contributed by atoms with Gasteiger partial charge in [-0.25, -0.2) is 4.79 Å². The summed E-state index contributed by atoms with van der Waals surface area (Å²) < 4.78 is 4.98. The normalized spacial score (nSPS) is 26.4. The molecule has 0 bridgehead atoms. The SMILES string of the molecule is COC(=O)c1sccc1C1=C(C2CCC(C)CC2)CN(C)CC1. The van der Waals surface area contributed by atoms with Crippen LogP contribution in [0, 0.1) is 11.8 Å². The zero-order valence-electron chi connectivity index (χ0n) is 14.4. The molecular weight excluding hydrogens is 306 g/mol. The predicted octanol–water partition coefficient (Wildman–Crippen LogP) is 4.45. The topological polar surface area (TPSA) is 29.5 Å². The van der Waals surface area contributed by atoms with Crippen molar-refractivity contribution in [2.24, 2.45) is 11.8 Å². The number of methoxy groups -OCH3 is 1. The minimum atomic E-state index is -0.196. The van der Waals surface area contributed by atoms with Crippen molar-refractivity contribution in [3.8, 4) is 0 Å². The van der Waals surface area contributed by atoms with Crippen molar-refractivity contribution in [2.45, 2.75) is 39.0 Å². The number of esters is 1. The van der Waals surface area contributed by atoms with Crippen molar-refractivity contribution in [1.29, 1.82) is 0 Å². The first-order valence-electron chi connectivity index (χ1n) is 8.66. The highest BCUT2D eigenvalue weighted by Crippen LogP contribution is 2.41. The van der Waals surface area contributed by atoms with E-state index in [0.29, 0.717) is 5.92 Å². The molecule has 2 heterocycles. The van der Waals surface area contributed by atoms with Crippen LogP contribution in [0.1, 0.15) is 54.3 Å². The Hall–Kier alpha value is -1.13. The largest absolute Gasteiger partial charge is 0.465 e. The average Bonchev–Trinajstić information content (AvgIpc) is 3.04. The first-order chi connectivity index (χ1) is 11.1. The lowest BCUT2D eigenvalue weighted by Crippen LogP contribution is -2.31. The molecule has 1 saturated carbocycles. The van der Waals surface area contributed by atoms with E-state index in [4.69, 9.17) is 4.74 Å². The molecule has 1 fully saturated rings. The highest BCUT2D eigenvalue weighted by atomic mass is 32.1. The molecule has 0 unspecified atom stereocenters. The summed E-state index contributed by atoms with van der Waals surface area (Å²) in [6, 6.07) is 2.11. The minimum absolute atomic E-state index is 0.196. The summed E-state index contributed by atoms with van der Waals surface area (Å²) in [6.07, 6.45) is 6.30. The zero-order valence-corrected chi connectivity index (χ0v) is 15.2. The van der Waals surface area contributed by atoms with Crippen LogP contribution >= 0.6 is 11.3 Å². The van der Waals surface area contributed by atoms with E-state index in [1.165, 1.54) is 49.7 Å². The van der Waals surface area contributed by atoms with Crippen molar-refractivity contribution in [3.63, 3.8) is 0 Å². The van der Waals surface area contributed by atoms with Crippen molar-refractivity contribution in [2.75, 3.05) is 27.2 Å². The number of hydrogen-bond donors (Lipinski definition) is 0. The van der Waals surface area contributed by atoms with Gasteiger partial charge < -0.3 is 9.64 Å². The van der Waals surface area contributed by atoms with E-state index in [9.17, 15) is 4.79 Å². The maximum atomic E-state index is 12.1. The Bertz CT molecular complexity index is 596. The molecule has 23 heavy (non-hydrogen) atoms. The van der Waals surface area contributed by atoms with Gasteiger partial charge in [0.1, 0.15) is 4.88 Å². The molecule has 2 aliphatic rings. The third kappa shape index (κ3) is 3.53. The molecule has 1 aromatic rings. The molecule has 3 nitrogen and oxygen atoms in total. The molecular formula is C19H27NO2S. The molecule has 3 rings (SSSR count). The van der Waals surface area contributed by atoms with Gasteiger partial charge in [0, 0.05) is 18.7 Å². The molecule has 1 aliphatic heterocycles. The van der Waals surface area contributed by atoms with Crippen LogP contribution in [0.2, 0.25) is 0 Å².